The van der Waals surface area contributed by atoms with Gasteiger partial charge >= 0.3 is 0 Å². The van der Waals surface area contributed by atoms with E-state index in [1.54, 1.807) is 0 Å². The highest BCUT2D eigenvalue weighted by Crippen LogP contribution is 2.34. The van der Waals surface area contributed by atoms with Gasteiger partial charge in [0.25, 0.3) is 0 Å². The Morgan fingerprint density at radius 1 is 1.57 bits per heavy atom. The molecule has 78 valence electrons. The fraction of sp³-hybridized carbons (Fsp3) is 0.750. The van der Waals surface area contributed by atoms with E-state index in [0.717, 1.165) is 17.4 Å². The lowest BCUT2D eigenvalue weighted by atomic mass is 10.3. The van der Waals surface area contributed by atoms with E-state index in [4.69, 9.17) is 5.73 Å². The first-order chi connectivity index (χ1) is 6.77. The molecule has 1 aliphatic heterocycles. The van der Waals surface area contributed by atoms with Crippen LogP contribution in [0, 0.1) is 0 Å². The highest BCUT2D eigenvalue weighted by Gasteiger charge is 2.20. The molecule has 4 nitrogen and oxygen atoms in total. The maximum atomic E-state index is 5.70. The molecule has 0 spiro atoms. The zero-order chi connectivity index (χ0) is 9.97. The zero-order valence-corrected chi connectivity index (χ0v) is 9.70. The van der Waals surface area contributed by atoms with Crippen LogP contribution in [0.15, 0.2) is 0 Å². The van der Waals surface area contributed by atoms with E-state index in [0.29, 0.717) is 5.25 Å². The second kappa shape index (κ2) is 4.55. The van der Waals surface area contributed by atoms with Crippen molar-refractivity contribution in [1.82, 2.24) is 15.2 Å². The Kier molecular flexibility index (Phi) is 3.35. The van der Waals surface area contributed by atoms with Gasteiger partial charge in [0.1, 0.15) is 5.82 Å². The molecule has 1 aromatic rings. The maximum Gasteiger partial charge on any atom is 0.167 e. The normalized spacial score (nSPS) is 24.9. The molecule has 0 radical (unpaired) electrons. The topological polar surface area (TPSA) is 67.6 Å². The Morgan fingerprint density at radius 3 is 3.00 bits per heavy atom. The summed E-state index contributed by atoms with van der Waals surface area (Å²) >= 11 is 3.92. The summed E-state index contributed by atoms with van der Waals surface area (Å²) in [4.78, 5) is 4.41. The average Bonchev–Trinajstić information content (AvgIpc) is 2.68. The largest absolute Gasteiger partial charge is 0.321 e. The minimum atomic E-state index is -0.0822. The summed E-state index contributed by atoms with van der Waals surface area (Å²) in [6.45, 7) is 1.90. The third-order valence-electron chi connectivity index (χ3n) is 2.05. The van der Waals surface area contributed by atoms with Crippen molar-refractivity contribution in [2.24, 2.45) is 5.73 Å². The van der Waals surface area contributed by atoms with Gasteiger partial charge in [0.05, 0.1) is 11.3 Å². The Morgan fingerprint density at radius 2 is 2.43 bits per heavy atom. The van der Waals surface area contributed by atoms with Crippen LogP contribution < -0.4 is 5.73 Å². The molecule has 0 amide bonds. The van der Waals surface area contributed by atoms with E-state index in [1.807, 2.05) is 30.4 Å². The second-order valence-corrected chi connectivity index (χ2v) is 5.76. The SMILES string of the molecule is CC(N)c1n[nH]c(C2CSCCS2)n1. The molecule has 1 saturated heterocycles. The third-order valence-corrected chi connectivity index (χ3v) is 4.81. The predicted octanol–water partition coefficient (Wildman–Crippen LogP) is 1.35. The smallest absolute Gasteiger partial charge is 0.167 e. The molecule has 0 aliphatic carbocycles. The summed E-state index contributed by atoms with van der Waals surface area (Å²) in [6, 6.07) is -0.0822. The molecule has 2 heterocycles. The molecule has 0 bridgehead atoms. The first kappa shape index (κ1) is 10.3. The molecule has 1 fully saturated rings. The van der Waals surface area contributed by atoms with Crippen LogP contribution in [0.5, 0.6) is 0 Å². The van der Waals surface area contributed by atoms with E-state index < -0.39 is 0 Å². The quantitative estimate of drug-likeness (QED) is 0.802. The molecular weight excluding hydrogens is 216 g/mol. The molecule has 0 aromatic carbocycles. The number of H-pyrrole nitrogens is 1. The number of rotatable bonds is 2. The number of hydrogen-bond acceptors (Lipinski definition) is 5. The van der Waals surface area contributed by atoms with Crippen molar-refractivity contribution < 1.29 is 0 Å². The van der Waals surface area contributed by atoms with Crippen molar-refractivity contribution in [2.45, 2.75) is 18.2 Å². The number of hydrogen-bond donors (Lipinski definition) is 2. The minimum absolute atomic E-state index is 0.0822. The number of nitrogens with two attached hydrogens (primary N) is 1. The number of aromatic nitrogens is 3. The first-order valence-electron chi connectivity index (χ1n) is 4.64. The van der Waals surface area contributed by atoms with Gasteiger partial charge in [0.2, 0.25) is 0 Å². The Labute approximate surface area is 91.8 Å². The molecule has 6 heteroatoms. The van der Waals surface area contributed by atoms with Crippen LogP contribution in [0.4, 0.5) is 0 Å². The highest BCUT2D eigenvalue weighted by molar-refractivity contribution is 8.06. The predicted molar refractivity (Wildman–Crippen MR) is 61.5 cm³/mol. The summed E-state index contributed by atoms with van der Waals surface area (Å²) in [5.41, 5.74) is 5.70. The average molecular weight is 230 g/mol. The first-order valence-corrected chi connectivity index (χ1v) is 6.85. The van der Waals surface area contributed by atoms with Gasteiger partial charge in [-0.2, -0.15) is 16.9 Å². The van der Waals surface area contributed by atoms with Gasteiger partial charge < -0.3 is 5.73 Å². The summed E-state index contributed by atoms with van der Waals surface area (Å²) < 4.78 is 0. The van der Waals surface area contributed by atoms with Crippen molar-refractivity contribution in [3.8, 4) is 0 Å². The lowest BCUT2D eigenvalue weighted by Gasteiger charge is -2.18. The van der Waals surface area contributed by atoms with Gasteiger partial charge in [0.15, 0.2) is 5.82 Å². The molecule has 2 unspecified atom stereocenters. The maximum absolute atomic E-state index is 5.70. The summed E-state index contributed by atoms with van der Waals surface area (Å²) in [7, 11) is 0. The molecule has 1 aliphatic rings. The molecule has 1 aromatic heterocycles. The van der Waals surface area contributed by atoms with Crippen molar-refractivity contribution >= 4 is 23.5 Å². The third kappa shape index (κ3) is 2.24. The van der Waals surface area contributed by atoms with Gasteiger partial charge in [-0.15, -0.1) is 11.8 Å². The van der Waals surface area contributed by atoms with Crippen LogP contribution in [-0.2, 0) is 0 Å². The number of thioether (sulfide) groups is 2. The van der Waals surface area contributed by atoms with Crippen LogP contribution in [0.2, 0.25) is 0 Å². The van der Waals surface area contributed by atoms with Crippen LogP contribution in [0.3, 0.4) is 0 Å². The summed E-state index contributed by atoms with van der Waals surface area (Å²) in [5.74, 6) is 5.27. The molecule has 0 saturated carbocycles. The molecule has 2 rings (SSSR count). The lowest BCUT2D eigenvalue weighted by Crippen LogP contribution is -2.09. The lowest BCUT2D eigenvalue weighted by molar-refractivity contribution is 0.744. The standard InChI is InChI=1S/C8H14N4S2/c1-5(9)7-10-8(12-11-7)6-4-13-2-3-14-6/h5-6H,2-4,9H2,1H3,(H,10,11,12). The molecule has 14 heavy (non-hydrogen) atoms. The Bertz CT molecular complexity index is 293. The van der Waals surface area contributed by atoms with Gasteiger partial charge in [-0.25, -0.2) is 4.98 Å². The number of nitrogens with one attached hydrogen (secondary N) is 1. The van der Waals surface area contributed by atoms with Crippen molar-refractivity contribution in [2.75, 3.05) is 17.3 Å². The van der Waals surface area contributed by atoms with Gasteiger partial charge in [-0.3, -0.25) is 5.10 Å². The van der Waals surface area contributed by atoms with E-state index in [9.17, 15) is 0 Å². The van der Waals surface area contributed by atoms with E-state index in [-0.39, 0.29) is 6.04 Å². The van der Waals surface area contributed by atoms with Gasteiger partial charge in [0, 0.05) is 17.3 Å². The van der Waals surface area contributed by atoms with E-state index in [1.165, 1.54) is 11.5 Å². The zero-order valence-electron chi connectivity index (χ0n) is 8.06. The van der Waals surface area contributed by atoms with Crippen molar-refractivity contribution in [1.29, 1.82) is 0 Å². The fourth-order valence-corrected chi connectivity index (χ4v) is 3.90. The Balaban J connectivity index is 2.07. The highest BCUT2D eigenvalue weighted by atomic mass is 32.2. The molecular formula is C8H14N4S2. The summed E-state index contributed by atoms with van der Waals surface area (Å²) in [5, 5.41) is 7.56. The van der Waals surface area contributed by atoms with Crippen LogP contribution in [0.25, 0.3) is 0 Å². The van der Waals surface area contributed by atoms with Gasteiger partial charge in [-0.1, -0.05) is 0 Å². The molecule has 2 atom stereocenters. The number of aromatic amines is 1. The van der Waals surface area contributed by atoms with E-state index in [2.05, 4.69) is 15.2 Å². The monoisotopic (exact) mass is 230 g/mol. The minimum Gasteiger partial charge on any atom is -0.321 e. The van der Waals surface area contributed by atoms with Gasteiger partial charge in [-0.05, 0) is 6.92 Å². The number of nitrogens with zero attached hydrogens (tertiary/aromatic N) is 2. The van der Waals surface area contributed by atoms with Crippen molar-refractivity contribution in [3.05, 3.63) is 11.6 Å². The van der Waals surface area contributed by atoms with Crippen LogP contribution >= 0.6 is 23.5 Å². The summed E-state index contributed by atoms with van der Waals surface area (Å²) in [6.07, 6.45) is 0. The van der Waals surface area contributed by atoms with Crippen molar-refractivity contribution in [3.63, 3.8) is 0 Å². The van der Waals surface area contributed by atoms with E-state index >= 15 is 0 Å². The molecule has 3 N–H and O–H groups in total. The fourth-order valence-electron chi connectivity index (χ4n) is 1.28. The van der Waals surface area contributed by atoms with Crippen LogP contribution in [-0.4, -0.2) is 32.4 Å². The Hall–Kier alpha value is -0.200. The second-order valence-electron chi connectivity index (χ2n) is 3.30. The van der Waals surface area contributed by atoms with Crippen LogP contribution in [0.1, 0.15) is 29.9 Å².